The van der Waals surface area contributed by atoms with Crippen LogP contribution in [0.15, 0.2) is 12.4 Å². The first-order chi connectivity index (χ1) is 8.65. The molecule has 0 radical (unpaired) electrons. The van der Waals surface area contributed by atoms with Gasteiger partial charge in [0.05, 0.1) is 11.9 Å². The normalized spacial score (nSPS) is 20.0. The first kappa shape index (κ1) is 12.4. The van der Waals surface area contributed by atoms with Crippen molar-refractivity contribution < 1.29 is 14.3 Å². The number of aromatic nitrogens is 2. The molecule has 18 heavy (non-hydrogen) atoms. The lowest BCUT2D eigenvalue weighted by molar-refractivity contribution is -0.156. The lowest BCUT2D eigenvalue weighted by atomic mass is 10.2. The molecule has 1 aromatic heterocycles. The fraction of sp³-hybridized carbons (Fsp3) is 0.545. The summed E-state index contributed by atoms with van der Waals surface area (Å²) in [6.45, 7) is 0.601. The number of hydrogen-bond donors (Lipinski definition) is 2. The van der Waals surface area contributed by atoms with Crippen molar-refractivity contribution in [2.45, 2.75) is 31.9 Å². The van der Waals surface area contributed by atoms with Crippen molar-refractivity contribution in [3.05, 3.63) is 12.4 Å². The summed E-state index contributed by atoms with van der Waals surface area (Å²) in [6, 6.07) is 0. The van der Waals surface area contributed by atoms with E-state index in [0.717, 1.165) is 12.8 Å². The average molecular weight is 252 g/mol. The molecule has 3 N–H and O–H groups in total. The molecule has 1 aliphatic rings. The predicted octanol–water partition coefficient (Wildman–Crippen LogP) is -0.323. The van der Waals surface area contributed by atoms with E-state index in [9.17, 15) is 9.59 Å². The van der Waals surface area contributed by atoms with Crippen molar-refractivity contribution in [1.82, 2.24) is 15.1 Å². The summed E-state index contributed by atoms with van der Waals surface area (Å²) in [4.78, 5) is 23.2. The molecule has 1 aliphatic heterocycles. The van der Waals surface area contributed by atoms with Gasteiger partial charge in [0, 0.05) is 12.7 Å². The zero-order chi connectivity index (χ0) is 13.0. The fourth-order valence-electron chi connectivity index (χ4n) is 1.82. The number of esters is 1. The highest BCUT2D eigenvalue weighted by atomic mass is 16.5. The highest BCUT2D eigenvalue weighted by molar-refractivity contribution is 5.83. The monoisotopic (exact) mass is 252 g/mol. The minimum absolute atomic E-state index is 0.0407. The van der Waals surface area contributed by atoms with Crippen LogP contribution < -0.4 is 11.1 Å². The largest absolute Gasteiger partial charge is 0.451 e. The number of anilines is 1. The molecule has 2 heterocycles. The van der Waals surface area contributed by atoms with Crippen LogP contribution >= 0.6 is 0 Å². The molecule has 7 heteroatoms. The molecule has 98 valence electrons. The van der Waals surface area contributed by atoms with Gasteiger partial charge in [-0.15, -0.1) is 0 Å². The third-order valence-corrected chi connectivity index (χ3v) is 2.70. The van der Waals surface area contributed by atoms with Crippen molar-refractivity contribution in [3.8, 4) is 0 Å². The number of amides is 1. The molecule has 2 rings (SSSR count). The average Bonchev–Trinajstić information content (AvgIpc) is 2.61. The van der Waals surface area contributed by atoms with Gasteiger partial charge in [0.15, 0.2) is 6.10 Å². The number of ether oxygens (including phenoxy) is 1. The van der Waals surface area contributed by atoms with E-state index in [0.29, 0.717) is 18.7 Å². The number of hydrogen-bond acceptors (Lipinski definition) is 5. The Labute approximate surface area is 104 Å². The van der Waals surface area contributed by atoms with E-state index >= 15 is 0 Å². The maximum Gasteiger partial charge on any atom is 0.328 e. The summed E-state index contributed by atoms with van der Waals surface area (Å²) in [7, 11) is 0. The van der Waals surface area contributed by atoms with Crippen LogP contribution in [0.4, 0.5) is 5.69 Å². The Balaban J connectivity index is 1.88. The number of nitrogen functional groups attached to an aromatic ring is 1. The first-order valence-electron chi connectivity index (χ1n) is 5.90. The summed E-state index contributed by atoms with van der Waals surface area (Å²) in [5.74, 6) is -0.707. The van der Waals surface area contributed by atoms with E-state index in [-0.39, 0.29) is 12.5 Å². The van der Waals surface area contributed by atoms with Gasteiger partial charge in [-0.1, -0.05) is 0 Å². The number of rotatable bonds is 3. The second-order valence-corrected chi connectivity index (χ2v) is 4.24. The van der Waals surface area contributed by atoms with Gasteiger partial charge in [0.1, 0.15) is 6.54 Å². The highest BCUT2D eigenvalue weighted by Gasteiger charge is 2.24. The summed E-state index contributed by atoms with van der Waals surface area (Å²) in [5.41, 5.74) is 5.96. The second-order valence-electron chi connectivity index (χ2n) is 4.24. The van der Waals surface area contributed by atoms with E-state index in [1.54, 1.807) is 0 Å². The minimum Gasteiger partial charge on any atom is -0.451 e. The number of carbonyl (C=O) groups is 2. The lowest BCUT2D eigenvalue weighted by Crippen LogP contribution is -2.36. The third-order valence-electron chi connectivity index (χ3n) is 2.70. The third kappa shape index (κ3) is 3.22. The van der Waals surface area contributed by atoms with Gasteiger partial charge in [-0.05, 0) is 19.3 Å². The zero-order valence-electron chi connectivity index (χ0n) is 9.96. The van der Waals surface area contributed by atoms with Crippen LogP contribution in [0.5, 0.6) is 0 Å². The van der Waals surface area contributed by atoms with Crippen molar-refractivity contribution in [2.75, 3.05) is 12.3 Å². The summed E-state index contributed by atoms with van der Waals surface area (Å²) in [6.07, 6.45) is 4.65. The Morgan fingerprint density at radius 3 is 3.17 bits per heavy atom. The van der Waals surface area contributed by atoms with Crippen LogP contribution in [0.3, 0.4) is 0 Å². The van der Waals surface area contributed by atoms with Crippen molar-refractivity contribution in [1.29, 1.82) is 0 Å². The molecule has 1 fully saturated rings. The second kappa shape index (κ2) is 5.52. The Morgan fingerprint density at radius 2 is 2.44 bits per heavy atom. The highest BCUT2D eigenvalue weighted by Crippen LogP contribution is 2.09. The topological polar surface area (TPSA) is 99.2 Å². The van der Waals surface area contributed by atoms with E-state index in [4.69, 9.17) is 10.5 Å². The Kier molecular flexibility index (Phi) is 3.81. The maximum atomic E-state index is 11.6. The fourth-order valence-corrected chi connectivity index (χ4v) is 1.82. The van der Waals surface area contributed by atoms with Gasteiger partial charge < -0.3 is 15.8 Å². The number of nitrogens with zero attached hydrogens (tertiary/aromatic N) is 2. The van der Waals surface area contributed by atoms with Gasteiger partial charge >= 0.3 is 5.97 Å². The van der Waals surface area contributed by atoms with Gasteiger partial charge in [-0.25, -0.2) is 0 Å². The Bertz CT molecular complexity index is 443. The molecule has 1 unspecified atom stereocenters. The minimum atomic E-state index is -0.687. The number of nitrogens with two attached hydrogens (primary N) is 1. The molecule has 0 bridgehead atoms. The van der Waals surface area contributed by atoms with E-state index in [1.807, 2.05) is 0 Å². The van der Waals surface area contributed by atoms with Crippen LogP contribution in [0.2, 0.25) is 0 Å². The molecule has 0 saturated carbocycles. The van der Waals surface area contributed by atoms with Crippen molar-refractivity contribution in [3.63, 3.8) is 0 Å². The van der Waals surface area contributed by atoms with Gasteiger partial charge in [0.25, 0.3) is 5.91 Å². The Hall–Kier alpha value is -2.05. The molecular weight excluding hydrogens is 236 g/mol. The summed E-state index contributed by atoms with van der Waals surface area (Å²) < 4.78 is 6.53. The molecular formula is C11H16N4O3. The van der Waals surface area contributed by atoms with Crippen LogP contribution in [0.25, 0.3) is 0 Å². The lowest BCUT2D eigenvalue weighted by Gasteiger charge is -2.14. The number of carbonyl (C=O) groups excluding carboxylic acids is 2. The van der Waals surface area contributed by atoms with Crippen LogP contribution in [-0.4, -0.2) is 34.3 Å². The van der Waals surface area contributed by atoms with Crippen LogP contribution in [0.1, 0.15) is 19.3 Å². The molecule has 0 aliphatic carbocycles. The molecule has 1 atom stereocenters. The van der Waals surface area contributed by atoms with E-state index in [1.165, 1.54) is 17.1 Å². The molecule has 7 nitrogen and oxygen atoms in total. The summed E-state index contributed by atoms with van der Waals surface area (Å²) >= 11 is 0. The van der Waals surface area contributed by atoms with Crippen molar-refractivity contribution in [2.24, 2.45) is 0 Å². The zero-order valence-corrected chi connectivity index (χ0v) is 9.96. The van der Waals surface area contributed by atoms with Crippen LogP contribution in [0, 0.1) is 0 Å². The maximum absolute atomic E-state index is 11.6. The molecule has 1 amide bonds. The van der Waals surface area contributed by atoms with Crippen LogP contribution in [-0.2, 0) is 20.9 Å². The predicted molar refractivity (Wildman–Crippen MR) is 63.4 cm³/mol. The molecule has 1 saturated heterocycles. The smallest absolute Gasteiger partial charge is 0.328 e. The van der Waals surface area contributed by atoms with E-state index < -0.39 is 12.1 Å². The van der Waals surface area contributed by atoms with Gasteiger partial charge in [-0.2, -0.15) is 5.10 Å². The van der Waals surface area contributed by atoms with E-state index in [2.05, 4.69) is 10.4 Å². The standard InChI is InChI=1S/C11H16N4O3/c12-8-5-14-15(6-8)7-10(16)18-9-3-1-2-4-13-11(9)17/h5-6,9H,1-4,7,12H2,(H,13,17). The molecule has 0 spiro atoms. The van der Waals surface area contributed by atoms with Gasteiger partial charge in [0.2, 0.25) is 0 Å². The first-order valence-corrected chi connectivity index (χ1v) is 5.90. The number of nitrogens with one attached hydrogen (secondary N) is 1. The summed E-state index contributed by atoms with van der Waals surface area (Å²) in [5, 5.41) is 6.59. The van der Waals surface area contributed by atoms with Gasteiger partial charge in [-0.3, -0.25) is 14.3 Å². The Morgan fingerprint density at radius 1 is 1.61 bits per heavy atom. The molecule has 1 aromatic rings. The molecule has 0 aromatic carbocycles. The SMILES string of the molecule is Nc1cnn(CC(=O)OC2CCCCNC2=O)c1. The van der Waals surface area contributed by atoms with Crippen molar-refractivity contribution >= 4 is 17.6 Å². The quantitative estimate of drug-likeness (QED) is 0.718.